The van der Waals surface area contributed by atoms with Crippen molar-refractivity contribution in [2.24, 2.45) is 0 Å². The average molecular weight is 228 g/mol. The fraction of sp³-hybridized carbons (Fsp3) is 0.500. The van der Waals surface area contributed by atoms with Gasteiger partial charge in [-0.15, -0.1) is 0 Å². The van der Waals surface area contributed by atoms with E-state index in [1.807, 2.05) is 0 Å². The highest BCUT2D eigenvalue weighted by Gasteiger charge is 2.21. The van der Waals surface area contributed by atoms with Gasteiger partial charge in [-0.05, 0) is 0 Å². The number of ether oxygens (including phenoxy) is 1. The summed E-state index contributed by atoms with van der Waals surface area (Å²) in [5.74, 6) is -1.76. The summed E-state index contributed by atoms with van der Waals surface area (Å²) in [7, 11) is 1.46. The van der Waals surface area contributed by atoms with Gasteiger partial charge in [0, 0.05) is 20.1 Å². The number of aromatic nitrogens is 3. The van der Waals surface area contributed by atoms with Crippen LogP contribution in [0, 0.1) is 0 Å². The molecule has 88 valence electrons. The number of methoxy groups -OCH3 is 1. The summed E-state index contributed by atoms with van der Waals surface area (Å²) < 4.78 is 4.74. The van der Waals surface area contributed by atoms with E-state index in [9.17, 15) is 9.59 Å². The highest BCUT2D eigenvalue weighted by Crippen LogP contribution is 1.95. The summed E-state index contributed by atoms with van der Waals surface area (Å²) in [4.78, 5) is 25.8. The molecule has 0 aliphatic rings. The second kappa shape index (κ2) is 5.81. The van der Waals surface area contributed by atoms with Gasteiger partial charge >= 0.3 is 5.97 Å². The van der Waals surface area contributed by atoms with Crippen molar-refractivity contribution < 1.29 is 19.4 Å². The first kappa shape index (κ1) is 12.1. The van der Waals surface area contributed by atoms with E-state index in [0.29, 0.717) is 0 Å². The summed E-state index contributed by atoms with van der Waals surface area (Å²) in [6, 6.07) is -1.00. The predicted molar refractivity (Wildman–Crippen MR) is 51.8 cm³/mol. The maximum Gasteiger partial charge on any atom is 0.326 e. The minimum absolute atomic E-state index is 0.0244. The number of hydrogen-bond donors (Lipinski definition) is 3. The minimum Gasteiger partial charge on any atom is -0.480 e. The van der Waals surface area contributed by atoms with Gasteiger partial charge in [0.2, 0.25) is 5.82 Å². The van der Waals surface area contributed by atoms with E-state index in [2.05, 4.69) is 20.5 Å². The van der Waals surface area contributed by atoms with Gasteiger partial charge in [-0.2, -0.15) is 5.10 Å². The number of nitrogens with one attached hydrogen (secondary N) is 2. The van der Waals surface area contributed by atoms with Crippen LogP contribution >= 0.6 is 0 Å². The molecule has 8 nitrogen and oxygen atoms in total. The Labute approximate surface area is 91.0 Å². The SMILES string of the molecule is COCCC(NC(=O)c1ncn[nH]1)C(=O)O. The monoisotopic (exact) mass is 228 g/mol. The molecule has 0 fully saturated rings. The maximum atomic E-state index is 11.4. The molecule has 1 heterocycles. The van der Waals surface area contributed by atoms with Crippen LogP contribution < -0.4 is 5.32 Å². The summed E-state index contributed by atoms with van der Waals surface area (Å²) in [5, 5.41) is 17.0. The van der Waals surface area contributed by atoms with Gasteiger partial charge in [0.1, 0.15) is 12.4 Å². The molecular formula is C8H12N4O4. The molecule has 1 aromatic heterocycles. The number of carboxylic acid groups (broad SMARTS) is 1. The van der Waals surface area contributed by atoms with Gasteiger partial charge in [0.25, 0.3) is 5.91 Å². The quantitative estimate of drug-likeness (QED) is 0.576. The number of aliphatic carboxylic acids is 1. The lowest BCUT2D eigenvalue weighted by Crippen LogP contribution is -2.41. The number of carbonyl (C=O) groups excluding carboxylic acids is 1. The van der Waals surface area contributed by atoms with Crippen molar-refractivity contribution in [2.75, 3.05) is 13.7 Å². The Hall–Kier alpha value is -1.96. The number of carboxylic acids is 1. The molecule has 8 heteroatoms. The molecule has 0 radical (unpaired) electrons. The van der Waals surface area contributed by atoms with Crippen molar-refractivity contribution in [3.63, 3.8) is 0 Å². The van der Waals surface area contributed by atoms with Crippen LogP contribution in [0.15, 0.2) is 6.33 Å². The van der Waals surface area contributed by atoms with Gasteiger partial charge in [-0.1, -0.05) is 0 Å². The van der Waals surface area contributed by atoms with E-state index < -0.39 is 17.9 Å². The molecule has 1 rings (SSSR count). The number of hydrogen-bond acceptors (Lipinski definition) is 5. The standard InChI is InChI=1S/C8H12N4O4/c1-16-3-2-5(8(14)15)11-7(13)6-9-4-10-12-6/h4-5H,2-3H2,1H3,(H,11,13)(H,14,15)(H,9,10,12). The van der Waals surface area contributed by atoms with Crippen molar-refractivity contribution in [1.82, 2.24) is 20.5 Å². The molecule has 0 aliphatic heterocycles. The fourth-order valence-corrected chi connectivity index (χ4v) is 1.03. The summed E-state index contributed by atoms with van der Waals surface area (Å²) in [6.07, 6.45) is 1.35. The molecule has 0 bridgehead atoms. The van der Waals surface area contributed by atoms with Crippen molar-refractivity contribution >= 4 is 11.9 Å². The predicted octanol–water partition coefficient (Wildman–Crippen LogP) is -0.976. The van der Waals surface area contributed by atoms with Crippen LogP contribution in [0.4, 0.5) is 0 Å². The van der Waals surface area contributed by atoms with Crippen LogP contribution in [-0.2, 0) is 9.53 Å². The molecule has 0 spiro atoms. The number of carbonyl (C=O) groups is 2. The lowest BCUT2D eigenvalue weighted by atomic mass is 10.2. The van der Waals surface area contributed by atoms with Crippen LogP contribution in [0.2, 0.25) is 0 Å². The fourth-order valence-electron chi connectivity index (χ4n) is 1.03. The molecule has 0 saturated heterocycles. The Kier molecular flexibility index (Phi) is 4.40. The van der Waals surface area contributed by atoms with Crippen LogP contribution in [0.25, 0.3) is 0 Å². The zero-order valence-corrected chi connectivity index (χ0v) is 8.64. The van der Waals surface area contributed by atoms with E-state index in [0.717, 1.165) is 0 Å². The third-order valence-corrected chi connectivity index (χ3v) is 1.84. The molecular weight excluding hydrogens is 216 g/mol. The summed E-state index contributed by atoms with van der Waals surface area (Å²) in [5.41, 5.74) is 0. The zero-order valence-electron chi connectivity index (χ0n) is 8.64. The molecule has 16 heavy (non-hydrogen) atoms. The lowest BCUT2D eigenvalue weighted by molar-refractivity contribution is -0.139. The van der Waals surface area contributed by atoms with Crippen molar-refractivity contribution in [3.8, 4) is 0 Å². The average Bonchev–Trinajstić information content (AvgIpc) is 2.76. The molecule has 1 unspecified atom stereocenters. The van der Waals surface area contributed by atoms with E-state index in [1.54, 1.807) is 0 Å². The number of nitrogens with zero attached hydrogens (tertiary/aromatic N) is 2. The summed E-state index contributed by atoms with van der Waals surface area (Å²) in [6.45, 7) is 0.244. The van der Waals surface area contributed by atoms with Crippen molar-refractivity contribution in [3.05, 3.63) is 12.2 Å². The van der Waals surface area contributed by atoms with E-state index >= 15 is 0 Å². The van der Waals surface area contributed by atoms with Gasteiger partial charge < -0.3 is 15.2 Å². The molecule has 0 saturated carbocycles. The normalized spacial score (nSPS) is 12.1. The van der Waals surface area contributed by atoms with Crippen LogP contribution in [0.1, 0.15) is 17.0 Å². The van der Waals surface area contributed by atoms with E-state index in [-0.39, 0.29) is 18.9 Å². The number of amides is 1. The van der Waals surface area contributed by atoms with Gasteiger partial charge in [-0.3, -0.25) is 9.89 Å². The van der Waals surface area contributed by atoms with Crippen LogP contribution in [-0.4, -0.2) is 51.9 Å². The molecule has 1 amide bonds. The zero-order chi connectivity index (χ0) is 12.0. The molecule has 1 aromatic rings. The first-order valence-electron chi connectivity index (χ1n) is 4.53. The minimum atomic E-state index is -1.12. The molecule has 0 aromatic carbocycles. The molecule has 1 atom stereocenters. The first-order chi connectivity index (χ1) is 7.65. The summed E-state index contributed by atoms with van der Waals surface area (Å²) >= 11 is 0. The van der Waals surface area contributed by atoms with Crippen molar-refractivity contribution in [1.29, 1.82) is 0 Å². The Bertz CT molecular complexity index is 351. The highest BCUT2D eigenvalue weighted by molar-refractivity contribution is 5.93. The van der Waals surface area contributed by atoms with Crippen LogP contribution in [0.5, 0.6) is 0 Å². The van der Waals surface area contributed by atoms with Gasteiger partial charge in [-0.25, -0.2) is 9.78 Å². The molecule has 0 aliphatic carbocycles. The smallest absolute Gasteiger partial charge is 0.326 e. The Morgan fingerprint density at radius 2 is 2.44 bits per heavy atom. The third kappa shape index (κ3) is 3.31. The Morgan fingerprint density at radius 3 is 2.94 bits per heavy atom. The Balaban J connectivity index is 2.54. The van der Waals surface area contributed by atoms with E-state index in [1.165, 1.54) is 13.4 Å². The van der Waals surface area contributed by atoms with Crippen molar-refractivity contribution in [2.45, 2.75) is 12.5 Å². The maximum absolute atomic E-state index is 11.4. The lowest BCUT2D eigenvalue weighted by Gasteiger charge is -2.12. The largest absolute Gasteiger partial charge is 0.480 e. The second-order valence-corrected chi connectivity index (χ2v) is 2.98. The topological polar surface area (TPSA) is 117 Å². The Morgan fingerprint density at radius 1 is 1.69 bits per heavy atom. The van der Waals surface area contributed by atoms with Gasteiger partial charge in [0.15, 0.2) is 0 Å². The number of H-pyrrole nitrogens is 1. The van der Waals surface area contributed by atoms with E-state index in [4.69, 9.17) is 9.84 Å². The number of aromatic amines is 1. The number of rotatable bonds is 6. The van der Waals surface area contributed by atoms with Crippen LogP contribution in [0.3, 0.4) is 0 Å². The second-order valence-electron chi connectivity index (χ2n) is 2.98. The molecule has 3 N–H and O–H groups in total. The van der Waals surface area contributed by atoms with Gasteiger partial charge in [0.05, 0.1) is 0 Å². The first-order valence-corrected chi connectivity index (χ1v) is 4.53. The highest BCUT2D eigenvalue weighted by atomic mass is 16.5. The third-order valence-electron chi connectivity index (χ3n) is 1.84.